The molecular weight excluding hydrogens is 451 g/mol. The molecule has 8 heteroatoms. The number of carboxylic acids is 1. The number of aryl methyl sites for hydroxylation is 1. The van der Waals surface area contributed by atoms with Gasteiger partial charge in [-0.2, -0.15) is 0 Å². The van der Waals surface area contributed by atoms with Crippen LogP contribution >= 0.6 is 0 Å². The molecule has 0 aliphatic heterocycles. The third-order valence-electron chi connectivity index (χ3n) is 6.66. The van der Waals surface area contributed by atoms with Crippen molar-refractivity contribution in [1.29, 1.82) is 0 Å². The maximum atomic E-state index is 13.1. The zero-order chi connectivity index (χ0) is 24.8. The third-order valence-corrected chi connectivity index (χ3v) is 6.66. The van der Waals surface area contributed by atoms with E-state index in [4.69, 9.17) is 9.47 Å². The SMILES string of the molecule is Cc1cccc(CO[C@@H]2CCC[C@H](OCCN(C(=O)Nc3ccc(F)cc3)C3CC3)C2)c1C(=O)O. The van der Waals surface area contributed by atoms with Gasteiger partial charge in [0.15, 0.2) is 0 Å². The minimum atomic E-state index is -0.935. The molecule has 0 unspecified atom stereocenters. The molecule has 2 aromatic rings. The van der Waals surface area contributed by atoms with Gasteiger partial charge in [0, 0.05) is 18.3 Å². The predicted octanol–water partition coefficient (Wildman–Crippen LogP) is 5.37. The number of carboxylic acid groups (broad SMARTS) is 1. The highest BCUT2D eigenvalue weighted by atomic mass is 19.1. The lowest BCUT2D eigenvalue weighted by atomic mass is 9.94. The molecule has 2 saturated carbocycles. The quantitative estimate of drug-likeness (QED) is 0.473. The number of nitrogens with zero attached hydrogens (tertiary/aromatic N) is 1. The summed E-state index contributed by atoms with van der Waals surface area (Å²) in [6, 6.07) is 11.2. The van der Waals surface area contributed by atoms with Crippen LogP contribution in [0.5, 0.6) is 0 Å². The van der Waals surface area contributed by atoms with Gasteiger partial charge in [-0.3, -0.25) is 0 Å². The maximum Gasteiger partial charge on any atom is 0.336 e. The second-order valence-electron chi connectivity index (χ2n) is 9.37. The van der Waals surface area contributed by atoms with Crippen molar-refractivity contribution in [3.63, 3.8) is 0 Å². The molecule has 2 aliphatic carbocycles. The van der Waals surface area contributed by atoms with Gasteiger partial charge in [-0.15, -0.1) is 0 Å². The van der Waals surface area contributed by atoms with Gasteiger partial charge in [0.05, 0.1) is 31.0 Å². The zero-order valence-electron chi connectivity index (χ0n) is 20.0. The molecule has 0 spiro atoms. The van der Waals surface area contributed by atoms with Crippen molar-refractivity contribution in [2.24, 2.45) is 0 Å². The van der Waals surface area contributed by atoms with Crippen LogP contribution in [-0.2, 0) is 16.1 Å². The number of aromatic carboxylic acids is 1. The molecule has 35 heavy (non-hydrogen) atoms. The van der Waals surface area contributed by atoms with Crippen molar-refractivity contribution >= 4 is 17.7 Å². The number of carbonyl (C=O) groups is 2. The lowest BCUT2D eigenvalue weighted by Gasteiger charge is -2.30. The molecule has 2 aliphatic rings. The van der Waals surface area contributed by atoms with Crippen molar-refractivity contribution in [2.75, 3.05) is 18.5 Å². The highest BCUT2D eigenvalue weighted by Gasteiger charge is 2.33. The number of halogens is 1. The van der Waals surface area contributed by atoms with Crippen molar-refractivity contribution in [1.82, 2.24) is 4.90 Å². The molecule has 0 bridgehead atoms. The standard InChI is InChI=1S/C27H33FN2O5/c1-18-4-2-5-19(25(18)26(31)32)17-35-24-7-3-6-23(16-24)34-15-14-30(22-12-13-22)27(33)29-21-10-8-20(28)9-11-21/h2,4-5,8-11,22-24H,3,6-7,12-17H2,1H3,(H,29,33)(H,31,32)/t23-,24+/m0/s1. The van der Waals surface area contributed by atoms with Crippen LogP contribution in [0.2, 0.25) is 0 Å². The average Bonchev–Trinajstić information content (AvgIpc) is 3.67. The molecule has 0 aromatic heterocycles. The van der Waals surface area contributed by atoms with E-state index in [-0.39, 0.29) is 36.7 Å². The lowest BCUT2D eigenvalue weighted by molar-refractivity contribution is -0.0524. The van der Waals surface area contributed by atoms with E-state index >= 15 is 0 Å². The number of rotatable bonds is 10. The number of benzene rings is 2. The van der Waals surface area contributed by atoms with Gasteiger partial charge < -0.3 is 24.8 Å². The monoisotopic (exact) mass is 484 g/mol. The number of ether oxygens (including phenoxy) is 2. The molecule has 7 nitrogen and oxygen atoms in total. The van der Waals surface area contributed by atoms with Crippen LogP contribution in [0.3, 0.4) is 0 Å². The predicted molar refractivity (Wildman–Crippen MR) is 130 cm³/mol. The van der Waals surface area contributed by atoms with Gasteiger partial charge in [0.2, 0.25) is 0 Å². The summed E-state index contributed by atoms with van der Waals surface area (Å²) in [5.74, 6) is -1.28. The average molecular weight is 485 g/mol. The van der Waals surface area contributed by atoms with E-state index in [1.807, 2.05) is 6.07 Å². The first-order valence-corrected chi connectivity index (χ1v) is 12.3. The van der Waals surface area contributed by atoms with E-state index in [0.29, 0.717) is 30.0 Å². The number of urea groups is 1. The molecule has 0 radical (unpaired) electrons. The van der Waals surface area contributed by atoms with Crippen molar-refractivity contribution in [2.45, 2.75) is 70.3 Å². The van der Waals surface area contributed by atoms with Crippen LogP contribution in [0.1, 0.15) is 60.0 Å². The summed E-state index contributed by atoms with van der Waals surface area (Å²) >= 11 is 0. The van der Waals surface area contributed by atoms with Crippen molar-refractivity contribution in [3.8, 4) is 0 Å². The summed E-state index contributed by atoms with van der Waals surface area (Å²) in [5.41, 5.74) is 2.30. The van der Waals surface area contributed by atoms with E-state index in [0.717, 1.165) is 44.1 Å². The highest BCUT2D eigenvalue weighted by Crippen LogP contribution is 2.28. The van der Waals surface area contributed by atoms with Crippen molar-refractivity contribution < 1.29 is 28.6 Å². The topological polar surface area (TPSA) is 88.1 Å². The molecule has 188 valence electrons. The minimum Gasteiger partial charge on any atom is -0.478 e. The van der Waals surface area contributed by atoms with E-state index in [9.17, 15) is 19.1 Å². The van der Waals surface area contributed by atoms with Gasteiger partial charge >= 0.3 is 12.0 Å². The van der Waals surface area contributed by atoms with Crippen LogP contribution < -0.4 is 5.32 Å². The Labute approximate surface area is 205 Å². The number of carbonyl (C=O) groups excluding carboxylic acids is 1. The molecule has 4 rings (SSSR count). The molecular formula is C27H33FN2O5. The highest BCUT2D eigenvalue weighted by molar-refractivity contribution is 5.91. The van der Waals surface area contributed by atoms with Crippen LogP contribution in [0, 0.1) is 12.7 Å². The van der Waals surface area contributed by atoms with E-state index in [1.165, 1.54) is 12.1 Å². The molecule has 0 heterocycles. The molecule has 2 aromatic carbocycles. The van der Waals surface area contributed by atoms with E-state index in [1.54, 1.807) is 36.1 Å². The first-order valence-electron chi connectivity index (χ1n) is 12.3. The van der Waals surface area contributed by atoms with E-state index < -0.39 is 5.97 Å². The second kappa shape index (κ2) is 11.6. The normalized spacial score (nSPS) is 19.8. The van der Waals surface area contributed by atoms with Gasteiger partial charge in [0.1, 0.15) is 5.82 Å². The Kier molecular flexibility index (Phi) is 8.36. The first-order chi connectivity index (χ1) is 16.9. The van der Waals surface area contributed by atoms with Gasteiger partial charge in [-0.05, 0) is 80.8 Å². The Hall–Kier alpha value is -2.97. The molecule has 2 fully saturated rings. The number of nitrogens with one attached hydrogen (secondary N) is 1. The molecule has 0 saturated heterocycles. The Balaban J connectivity index is 1.24. The number of amides is 2. The summed E-state index contributed by atoms with van der Waals surface area (Å²) in [7, 11) is 0. The van der Waals surface area contributed by atoms with Crippen LogP contribution in [0.4, 0.5) is 14.9 Å². The smallest absolute Gasteiger partial charge is 0.336 e. The Bertz CT molecular complexity index is 1020. The van der Waals surface area contributed by atoms with E-state index in [2.05, 4.69) is 5.32 Å². The molecule has 2 N–H and O–H groups in total. The van der Waals surface area contributed by atoms with Gasteiger partial charge in [0.25, 0.3) is 0 Å². The first kappa shape index (κ1) is 25.1. The fourth-order valence-corrected chi connectivity index (χ4v) is 4.65. The molecule has 2 amide bonds. The van der Waals surface area contributed by atoms with Gasteiger partial charge in [-0.1, -0.05) is 18.2 Å². The van der Waals surface area contributed by atoms with Crippen LogP contribution in [-0.4, -0.2) is 53.4 Å². The Morgan fingerprint density at radius 1 is 1.06 bits per heavy atom. The Morgan fingerprint density at radius 3 is 2.46 bits per heavy atom. The third kappa shape index (κ3) is 7.02. The summed E-state index contributed by atoms with van der Waals surface area (Å²) in [4.78, 5) is 26.1. The summed E-state index contributed by atoms with van der Waals surface area (Å²) in [6.07, 6.45) is 5.61. The van der Waals surface area contributed by atoms with Gasteiger partial charge in [-0.25, -0.2) is 14.0 Å². The minimum absolute atomic E-state index is 0.0113. The number of hydrogen-bond acceptors (Lipinski definition) is 4. The second-order valence-corrected chi connectivity index (χ2v) is 9.37. The lowest BCUT2D eigenvalue weighted by Crippen LogP contribution is -2.40. The maximum absolute atomic E-state index is 13.1. The summed E-state index contributed by atoms with van der Waals surface area (Å²) in [6.45, 7) is 2.98. The van der Waals surface area contributed by atoms with Crippen LogP contribution in [0.15, 0.2) is 42.5 Å². The van der Waals surface area contributed by atoms with Crippen LogP contribution in [0.25, 0.3) is 0 Å². The summed E-state index contributed by atoms with van der Waals surface area (Å²) in [5, 5.41) is 12.4. The number of anilines is 1. The van der Waals surface area contributed by atoms with Crippen molar-refractivity contribution in [3.05, 3.63) is 65.0 Å². The fourth-order valence-electron chi connectivity index (χ4n) is 4.65. The number of hydrogen-bond donors (Lipinski definition) is 2. The largest absolute Gasteiger partial charge is 0.478 e. The Morgan fingerprint density at radius 2 is 1.77 bits per heavy atom. The summed E-state index contributed by atoms with van der Waals surface area (Å²) < 4.78 is 25.3. The molecule has 2 atom stereocenters. The fraction of sp³-hybridized carbons (Fsp3) is 0.481. The zero-order valence-corrected chi connectivity index (χ0v) is 20.0.